The number of nitrogen functional groups attached to an aromatic ring is 1. The molecule has 1 heterocycles. The summed E-state index contributed by atoms with van der Waals surface area (Å²) >= 11 is 0. The van der Waals surface area contributed by atoms with Crippen LogP contribution in [0.15, 0.2) is 54.7 Å². The van der Waals surface area contributed by atoms with Gasteiger partial charge in [0, 0.05) is 11.6 Å². The Morgan fingerprint density at radius 2 is 1.90 bits per heavy atom. The van der Waals surface area contributed by atoms with Crippen LogP contribution >= 0.6 is 0 Å². The molecular formula is C17H15N3O. The van der Waals surface area contributed by atoms with Gasteiger partial charge in [0.1, 0.15) is 17.1 Å². The highest BCUT2D eigenvalue weighted by Gasteiger charge is 2.10. The maximum Gasteiger partial charge on any atom is 0.153 e. The number of ether oxygens (including phenoxy) is 1. The number of benzene rings is 2. The first-order chi connectivity index (χ1) is 10.1. The van der Waals surface area contributed by atoms with Gasteiger partial charge in [0.05, 0.1) is 5.56 Å². The molecule has 3 rings (SSSR count). The third-order valence-corrected chi connectivity index (χ3v) is 3.24. The normalized spacial score (nSPS) is 10.5. The van der Waals surface area contributed by atoms with Crippen LogP contribution in [0.1, 0.15) is 11.1 Å². The van der Waals surface area contributed by atoms with E-state index in [1.54, 1.807) is 12.3 Å². The van der Waals surface area contributed by atoms with Crippen LogP contribution in [0.25, 0.3) is 10.9 Å². The summed E-state index contributed by atoms with van der Waals surface area (Å²) < 4.78 is 5.98. The molecule has 0 saturated carbocycles. The third kappa shape index (κ3) is 2.56. The summed E-state index contributed by atoms with van der Waals surface area (Å²) in [5.74, 6) is 1.21. The highest BCUT2D eigenvalue weighted by molar-refractivity contribution is 5.98. The van der Waals surface area contributed by atoms with Crippen LogP contribution in [0.4, 0.5) is 0 Å². The van der Waals surface area contributed by atoms with Crippen molar-refractivity contribution in [3.8, 4) is 11.5 Å². The number of fused-ring (bicyclic) bond motifs is 1. The molecule has 0 atom stereocenters. The molecule has 0 aliphatic carbocycles. The lowest BCUT2D eigenvalue weighted by Crippen LogP contribution is -2.12. The van der Waals surface area contributed by atoms with Crippen molar-refractivity contribution in [2.75, 3.05) is 0 Å². The minimum atomic E-state index is -0.0156. The molecule has 0 amide bonds. The molecule has 2 aromatic carbocycles. The van der Waals surface area contributed by atoms with Gasteiger partial charge in [-0.1, -0.05) is 24.3 Å². The van der Waals surface area contributed by atoms with E-state index in [1.807, 2.05) is 49.4 Å². The van der Waals surface area contributed by atoms with E-state index in [0.29, 0.717) is 17.1 Å². The number of hydrogen-bond donors (Lipinski definition) is 2. The molecule has 0 unspecified atom stereocenters. The number of rotatable bonds is 3. The fourth-order valence-electron chi connectivity index (χ4n) is 2.21. The van der Waals surface area contributed by atoms with E-state index in [1.165, 1.54) is 0 Å². The molecule has 0 bridgehead atoms. The van der Waals surface area contributed by atoms with Crippen molar-refractivity contribution in [3.63, 3.8) is 0 Å². The van der Waals surface area contributed by atoms with Gasteiger partial charge < -0.3 is 10.5 Å². The van der Waals surface area contributed by atoms with Crippen LogP contribution < -0.4 is 10.5 Å². The minimum Gasteiger partial charge on any atom is -0.454 e. The van der Waals surface area contributed by atoms with Gasteiger partial charge >= 0.3 is 0 Å². The zero-order valence-electron chi connectivity index (χ0n) is 11.6. The fraction of sp³-hybridized carbons (Fsp3) is 0.0588. The topological polar surface area (TPSA) is 72.0 Å². The van der Waals surface area contributed by atoms with E-state index in [9.17, 15) is 0 Å². The lowest BCUT2D eigenvalue weighted by molar-refractivity contribution is 0.485. The Kier molecular flexibility index (Phi) is 3.28. The molecule has 0 spiro atoms. The summed E-state index contributed by atoms with van der Waals surface area (Å²) in [6.45, 7) is 1.97. The second kappa shape index (κ2) is 5.25. The molecule has 4 heteroatoms. The van der Waals surface area contributed by atoms with E-state index in [0.717, 1.165) is 16.5 Å². The molecule has 0 saturated heterocycles. The van der Waals surface area contributed by atoms with Crippen molar-refractivity contribution >= 4 is 16.7 Å². The Labute approximate surface area is 122 Å². The Morgan fingerprint density at radius 3 is 2.71 bits per heavy atom. The van der Waals surface area contributed by atoms with Crippen molar-refractivity contribution in [2.45, 2.75) is 6.92 Å². The van der Waals surface area contributed by atoms with Gasteiger partial charge in [0.2, 0.25) is 0 Å². The Bertz CT molecular complexity index is 822. The molecule has 21 heavy (non-hydrogen) atoms. The maximum absolute atomic E-state index is 7.66. The number of hydrogen-bond acceptors (Lipinski definition) is 3. The average molecular weight is 277 g/mol. The molecule has 0 aliphatic rings. The lowest BCUT2D eigenvalue weighted by Gasteiger charge is -2.12. The summed E-state index contributed by atoms with van der Waals surface area (Å²) in [4.78, 5) is 4.36. The van der Waals surface area contributed by atoms with Gasteiger partial charge in [0.25, 0.3) is 0 Å². The molecular weight excluding hydrogens is 262 g/mol. The average Bonchev–Trinajstić information content (AvgIpc) is 2.47. The number of aryl methyl sites for hydroxylation is 1. The molecule has 0 radical (unpaired) electrons. The number of nitrogens with one attached hydrogen (secondary N) is 1. The van der Waals surface area contributed by atoms with Crippen LogP contribution in [-0.4, -0.2) is 10.8 Å². The predicted octanol–water partition coefficient (Wildman–Crippen LogP) is 3.62. The summed E-state index contributed by atoms with van der Waals surface area (Å²) in [6.07, 6.45) is 1.73. The first-order valence-corrected chi connectivity index (χ1v) is 6.62. The Morgan fingerprint density at radius 1 is 1.10 bits per heavy atom. The van der Waals surface area contributed by atoms with Crippen molar-refractivity contribution in [3.05, 3.63) is 65.9 Å². The molecule has 1 aromatic heterocycles. The molecule has 0 fully saturated rings. The van der Waals surface area contributed by atoms with Crippen LogP contribution in [-0.2, 0) is 0 Å². The summed E-state index contributed by atoms with van der Waals surface area (Å²) in [5, 5.41) is 8.66. The number of aromatic nitrogens is 1. The van der Waals surface area contributed by atoms with Crippen LogP contribution in [0.5, 0.6) is 11.5 Å². The predicted molar refractivity (Wildman–Crippen MR) is 84.0 cm³/mol. The Balaban J connectivity index is 2.11. The van der Waals surface area contributed by atoms with E-state index >= 15 is 0 Å². The van der Waals surface area contributed by atoms with E-state index in [-0.39, 0.29) is 5.84 Å². The van der Waals surface area contributed by atoms with Crippen LogP contribution in [0, 0.1) is 12.3 Å². The van der Waals surface area contributed by atoms with Crippen molar-refractivity contribution in [1.29, 1.82) is 5.41 Å². The number of pyridine rings is 1. The number of para-hydroxylation sites is 1. The third-order valence-electron chi connectivity index (χ3n) is 3.24. The Hall–Kier alpha value is -2.88. The van der Waals surface area contributed by atoms with Gasteiger partial charge in [0.15, 0.2) is 5.75 Å². The first-order valence-electron chi connectivity index (χ1n) is 6.62. The maximum atomic E-state index is 7.66. The number of amidine groups is 1. The molecule has 104 valence electrons. The zero-order valence-corrected chi connectivity index (χ0v) is 11.6. The fourth-order valence-corrected chi connectivity index (χ4v) is 2.21. The molecule has 3 N–H and O–H groups in total. The molecule has 0 aliphatic heterocycles. The van der Waals surface area contributed by atoms with Gasteiger partial charge in [-0.25, -0.2) is 0 Å². The summed E-state index contributed by atoms with van der Waals surface area (Å²) in [5.41, 5.74) is 8.03. The smallest absolute Gasteiger partial charge is 0.153 e. The number of nitrogens with zero attached hydrogens (tertiary/aromatic N) is 1. The summed E-state index contributed by atoms with van der Waals surface area (Å²) in [7, 11) is 0. The molecule has 4 nitrogen and oxygen atoms in total. The minimum absolute atomic E-state index is 0.0156. The van der Waals surface area contributed by atoms with Gasteiger partial charge in [-0.15, -0.1) is 0 Å². The van der Waals surface area contributed by atoms with Crippen molar-refractivity contribution < 1.29 is 4.74 Å². The monoisotopic (exact) mass is 277 g/mol. The SMILES string of the molecule is Cc1ccc(C(=N)N)c(Oc2cccc3cccnc23)c1. The highest BCUT2D eigenvalue weighted by Crippen LogP contribution is 2.30. The zero-order chi connectivity index (χ0) is 14.8. The molecule has 3 aromatic rings. The van der Waals surface area contributed by atoms with E-state index < -0.39 is 0 Å². The quantitative estimate of drug-likeness (QED) is 0.567. The van der Waals surface area contributed by atoms with Crippen molar-refractivity contribution in [2.24, 2.45) is 5.73 Å². The van der Waals surface area contributed by atoms with Gasteiger partial charge in [-0.2, -0.15) is 0 Å². The van der Waals surface area contributed by atoms with Gasteiger partial charge in [-0.05, 0) is 36.8 Å². The standard InChI is InChI=1S/C17H15N3O/c1-11-7-8-13(17(18)19)15(10-11)21-14-6-2-4-12-5-3-9-20-16(12)14/h2-10H,1H3,(H3,18,19). The number of nitrogens with two attached hydrogens (primary N) is 1. The van der Waals surface area contributed by atoms with Crippen molar-refractivity contribution in [1.82, 2.24) is 4.98 Å². The highest BCUT2D eigenvalue weighted by atomic mass is 16.5. The van der Waals surface area contributed by atoms with E-state index in [4.69, 9.17) is 15.9 Å². The van der Waals surface area contributed by atoms with Gasteiger partial charge in [-0.3, -0.25) is 10.4 Å². The van der Waals surface area contributed by atoms with Crippen LogP contribution in [0.3, 0.4) is 0 Å². The lowest BCUT2D eigenvalue weighted by atomic mass is 10.1. The van der Waals surface area contributed by atoms with E-state index in [2.05, 4.69) is 4.98 Å². The first kappa shape index (κ1) is 13.1. The van der Waals surface area contributed by atoms with Crippen LogP contribution in [0.2, 0.25) is 0 Å². The summed E-state index contributed by atoms with van der Waals surface area (Å²) in [6, 6.07) is 15.2. The largest absolute Gasteiger partial charge is 0.454 e. The second-order valence-electron chi connectivity index (χ2n) is 4.85. The second-order valence-corrected chi connectivity index (χ2v) is 4.85.